The van der Waals surface area contributed by atoms with Crippen molar-refractivity contribution in [2.45, 2.75) is 186 Å². The molecule has 2 aromatic rings. The standard InChI is InChI=1S/C44H72/c1-37(2,3)27-41(13,14)33-21-31(22-34(25-33)42(15,16)28-38(4,5)6)32-23-35(43(17,18)29-39(7,8)9)26-36(24-32)44(19,20)30-40(10,11)12/h21,23,25-26H,27-30H2,1-20H3. The molecule has 0 bridgehead atoms. The first-order chi connectivity index (χ1) is 19.2. The Morgan fingerprint density at radius 1 is 0.341 bits per heavy atom. The van der Waals surface area contributed by atoms with E-state index < -0.39 is 0 Å². The van der Waals surface area contributed by atoms with Crippen LogP contribution in [0.4, 0.5) is 0 Å². The van der Waals surface area contributed by atoms with Gasteiger partial charge in [0.2, 0.25) is 0 Å². The Morgan fingerprint density at radius 3 is 0.795 bits per heavy atom. The van der Waals surface area contributed by atoms with Crippen LogP contribution >= 0.6 is 0 Å². The first-order valence-corrected chi connectivity index (χ1v) is 17.4. The Bertz CT molecular complexity index is 1070. The molecule has 0 spiro atoms. The van der Waals surface area contributed by atoms with Crippen LogP contribution in [0.15, 0.2) is 24.3 Å². The van der Waals surface area contributed by atoms with E-state index in [-0.39, 0.29) is 43.3 Å². The summed E-state index contributed by atoms with van der Waals surface area (Å²) in [6, 6.07) is 17.9. The van der Waals surface area contributed by atoms with Crippen LogP contribution in [-0.2, 0) is 21.7 Å². The van der Waals surface area contributed by atoms with E-state index in [9.17, 15) is 0 Å². The van der Waals surface area contributed by atoms with E-state index in [2.05, 4.69) is 175 Å². The zero-order chi connectivity index (χ0) is 34.5. The van der Waals surface area contributed by atoms with Crippen LogP contribution in [0.1, 0.15) is 186 Å². The highest BCUT2D eigenvalue weighted by atomic mass is 14.4. The molecule has 0 aliphatic rings. The van der Waals surface area contributed by atoms with Gasteiger partial charge in [0.05, 0.1) is 0 Å². The molecule has 0 fully saturated rings. The molecular formula is C44H72. The summed E-state index contributed by atoms with van der Waals surface area (Å²) < 4.78 is 0. The van der Waals surface area contributed by atoms with Gasteiger partial charge in [-0.25, -0.2) is 0 Å². The van der Waals surface area contributed by atoms with Gasteiger partial charge in [-0.3, -0.25) is 0 Å². The van der Waals surface area contributed by atoms with E-state index in [1.54, 1.807) is 0 Å². The molecule has 0 aliphatic heterocycles. The van der Waals surface area contributed by atoms with Gasteiger partial charge in [0.15, 0.2) is 0 Å². The van der Waals surface area contributed by atoms with Crippen molar-refractivity contribution >= 4 is 0 Å². The fourth-order valence-corrected chi connectivity index (χ4v) is 8.64. The molecule has 0 unspecified atom stereocenters. The fourth-order valence-electron chi connectivity index (χ4n) is 8.64. The Morgan fingerprint density at radius 2 is 0.568 bits per heavy atom. The highest BCUT2D eigenvalue weighted by molar-refractivity contribution is 5.67. The quantitative estimate of drug-likeness (QED) is 0.268. The van der Waals surface area contributed by atoms with E-state index in [0.29, 0.717) is 0 Å². The lowest BCUT2D eigenvalue weighted by Gasteiger charge is -2.38. The van der Waals surface area contributed by atoms with Gasteiger partial charge >= 0.3 is 0 Å². The molecule has 0 atom stereocenters. The minimum absolute atomic E-state index is 0.00171. The molecular weight excluding hydrogens is 528 g/mol. The second kappa shape index (κ2) is 12.2. The monoisotopic (exact) mass is 601 g/mol. The van der Waals surface area contributed by atoms with Gasteiger partial charge in [-0.05, 0) is 127 Å². The van der Waals surface area contributed by atoms with Crippen molar-refractivity contribution in [2.24, 2.45) is 21.7 Å². The Kier molecular flexibility index (Phi) is 10.7. The van der Waals surface area contributed by atoms with E-state index in [1.165, 1.54) is 33.4 Å². The van der Waals surface area contributed by atoms with Crippen LogP contribution in [0.3, 0.4) is 0 Å². The third kappa shape index (κ3) is 11.4. The normalized spacial score (nSPS) is 14.7. The lowest BCUT2D eigenvalue weighted by atomic mass is 9.67. The first-order valence-electron chi connectivity index (χ1n) is 17.4. The summed E-state index contributed by atoms with van der Waals surface area (Å²) in [5.74, 6) is 0. The summed E-state index contributed by atoms with van der Waals surface area (Å²) in [5.41, 5.74) is 8.86. The molecule has 248 valence electrons. The Balaban J connectivity index is 3.00. The molecule has 0 heteroatoms. The molecule has 2 radical (unpaired) electrons. The van der Waals surface area contributed by atoms with Crippen LogP contribution < -0.4 is 0 Å². The molecule has 0 nitrogen and oxygen atoms in total. The number of rotatable bonds is 9. The van der Waals surface area contributed by atoms with Crippen LogP contribution in [0.25, 0.3) is 11.1 Å². The number of benzene rings is 2. The molecule has 0 aromatic heterocycles. The summed E-state index contributed by atoms with van der Waals surface area (Å²) >= 11 is 0. The van der Waals surface area contributed by atoms with Gasteiger partial charge in [0.1, 0.15) is 0 Å². The van der Waals surface area contributed by atoms with E-state index in [0.717, 1.165) is 25.7 Å². The number of hydrogen-bond donors (Lipinski definition) is 0. The zero-order valence-electron chi connectivity index (χ0n) is 33.1. The molecule has 44 heavy (non-hydrogen) atoms. The fraction of sp³-hybridized carbons (Fsp3) is 0.727. The Labute approximate surface area is 276 Å². The van der Waals surface area contributed by atoms with E-state index >= 15 is 0 Å². The summed E-state index contributed by atoms with van der Waals surface area (Å²) in [5, 5.41) is 0. The van der Waals surface area contributed by atoms with E-state index in [1.807, 2.05) is 0 Å². The average molecular weight is 601 g/mol. The van der Waals surface area contributed by atoms with Gasteiger partial charge in [-0.2, -0.15) is 0 Å². The van der Waals surface area contributed by atoms with Crippen molar-refractivity contribution in [1.29, 1.82) is 0 Å². The van der Waals surface area contributed by atoms with Gasteiger partial charge in [0.25, 0.3) is 0 Å². The summed E-state index contributed by atoms with van der Waals surface area (Å²) in [6.07, 6.45) is 4.44. The third-order valence-corrected chi connectivity index (χ3v) is 8.94. The van der Waals surface area contributed by atoms with Gasteiger partial charge in [0, 0.05) is 0 Å². The largest absolute Gasteiger partial charge is 0.0601 e. The second-order valence-corrected chi connectivity index (χ2v) is 21.9. The van der Waals surface area contributed by atoms with E-state index in [4.69, 9.17) is 0 Å². The first kappa shape index (κ1) is 38.6. The zero-order valence-corrected chi connectivity index (χ0v) is 33.1. The van der Waals surface area contributed by atoms with Crippen molar-refractivity contribution in [3.63, 3.8) is 0 Å². The summed E-state index contributed by atoms with van der Waals surface area (Å²) in [6.45, 7) is 47.8. The minimum atomic E-state index is -0.00171. The van der Waals surface area contributed by atoms with Crippen molar-refractivity contribution in [2.75, 3.05) is 0 Å². The van der Waals surface area contributed by atoms with Crippen molar-refractivity contribution in [3.8, 4) is 11.1 Å². The smallest absolute Gasteiger partial charge is 0.00582 e. The topological polar surface area (TPSA) is 0 Å². The Hall–Kier alpha value is -1.56. The van der Waals surface area contributed by atoms with Crippen LogP contribution in [0.5, 0.6) is 0 Å². The van der Waals surface area contributed by atoms with Crippen LogP contribution in [0, 0.1) is 33.8 Å². The maximum atomic E-state index is 4.02. The van der Waals surface area contributed by atoms with Crippen molar-refractivity contribution in [3.05, 3.63) is 58.7 Å². The summed E-state index contributed by atoms with van der Waals surface area (Å²) in [7, 11) is 0. The number of hydrogen-bond acceptors (Lipinski definition) is 0. The van der Waals surface area contributed by atoms with Crippen molar-refractivity contribution in [1.82, 2.24) is 0 Å². The van der Waals surface area contributed by atoms with Crippen LogP contribution in [0.2, 0.25) is 0 Å². The highest BCUT2D eigenvalue weighted by Crippen LogP contribution is 2.45. The molecule has 0 amide bonds. The third-order valence-electron chi connectivity index (χ3n) is 8.94. The molecule has 0 aliphatic carbocycles. The van der Waals surface area contributed by atoms with Gasteiger partial charge in [-0.1, -0.05) is 151 Å². The minimum Gasteiger partial charge on any atom is -0.0601 e. The molecule has 0 heterocycles. The predicted molar refractivity (Wildman–Crippen MR) is 198 cm³/mol. The lowest BCUT2D eigenvalue weighted by molar-refractivity contribution is 0.277. The maximum absolute atomic E-state index is 4.02. The predicted octanol–water partition coefficient (Wildman–Crippen LogP) is 13.8. The summed E-state index contributed by atoms with van der Waals surface area (Å²) in [4.78, 5) is 0. The second-order valence-electron chi connectivity index (χ2n) is 21.9. The molecule has 0 N–H and O–H groups in total. The van der Waals surface area contributed by atoms with Gasteiger partial charge in [-0.15, -0.1) is 0 Å². The molecule has 0 saturated carbocycles. The SMILES string of the molecule is CC(C)(C)CC(C)(C)c1[c]c(-c2[c]c(C(C)(C)CC(C)(C)C)cc(C(C)(C)CC(C)(C)C)c2)cc(C(C)(C)CC(C)(C)C)c1. The average Bonchev–Trinajstić information content (AvgIpc) is 2.72. The molecule has 2 aromatic carbocycles. The highest BCUT2D eigenvalue weighted by Gasteiger charge is 2.35. The van der Waals surface area contributed by atoms with Gasteiger partial charge < -0.3 is 0 Å². The molecule has 0 saturated heterocycles. The lowest BCUT2D eigenvalue weighted by Crippen LogP contribution is -2.29. The molecule has 2 rings (SSSR count). The van der Waals surface area contributed by atoms with Crippen LogP contribution in [-0.4, -0.2) is 0 Å². The maximum Gasteiger partial charge on any atom is -0.00582 e. The van der Waals surface area contributed by atoms with Crippen molar-refractivity contribution < 1.29 is 0 Å².